The summed E-state index contributed by atoms with van der Waals surface area (Å²) in [5.74, 6) is -1.06. The van der Waals surface area contributed by atoms with Gasteiger partial charge in [-0.2, -0.15) is 0 Å². The van der Waals surface area contributed by atoms with Crippen molar-refractivity contribution in [2.45, 2.75) is 116 Å². The van der Waals surface area contributed by atoms with Gasteiger partial charge in [0.25, 0.3) is 5.91 Å². The van der Waals surface area contributed by atoms with Gasteiger partial charge in [0.1, 0.15) is 24.0 Å². The Hall–Kier alpha value is -3.38. The number of methoxy groups -OCH3 is 1. The van der Waals surface area contributed by atoms with E-state index in [1.807, 2.05) is 0 Å². The fourth-order valence-corrected chi connectivity index (χ4v) is 3.58. The SMILES string of the molecule is CC(C)(C)OC(=O)NC(C=O)CC1CC1.COC(=O)CNC(=O)C(OC(C)=O)C(CC1CC1)NC(=O)OC(C)(C)C. The molecule has 2 aliphatic carbocycles. The van der Waals surface area contributed by atoms with Crippen LogP contribution in [0.4, 0.5) is 9.59 Å². The molecule has 0 aromatic carbocycles. The normalized spacial score (nSPS) is 16.8. The first-order chi connectivity index (χ1) is 18.9. The molecule has 13 nitrogen and oxygen atoms in total. The topological polar surface area (TPSA) is 175 Å². The molecular formula is C28H47N3O10. The highest BCUT2D eigenvalue weighted by molar-refractivity contribution is 5.87. The van der Waals surface area contributed by atoms with Gasteiger partial charge in [-0.3, -0.25) is 14.4 Å². The molecular weight excluding hydrogens is 538 g/mol. The number of ether oxygens (including phenoxy) is 4. The molecule has 0 aromatic heterocycles. The van der Waals surface area contributed by atoms with E-state index < -0.39 is 59.4 Å². The molecule has 0 heterocycles. The minimum absolute atomic E-state index is 0.335. The van der Waals surface area contributed by atoms with E-state index in [0.29, 0.717) is 18.3 Å². The molecule has 2 aliphatic rings. The highest BCUT2D eigenvalue weighted by Crippen LogP contribution is 2.35. The number of aldehydes is 1. The van der Waals surface area contributed by atoms with Crippen molar-refractivity contribution in [3.63, 3.8) is 0 Å². The van der Waals surface area contributed by atoms with E-state index in [-0.39, 0.29) is 6.54 Å². The average Bonchev–Trinajstić information content (AvgIpc) is 3.74. The minimum atomic E-state index is -1.27. The number of carbonyl (C=O) groups is 6. The second-order valence-electron chi connectivity index (χ2n) is 12.3. The largest absolute Gasteiger partial charge is 0.468 e. The third-order valence-corrected chi connectivity index (χ3v) is 5.69. The van der Waals surface area contributed by atoms with Gasteiger partial charge in [0.15, 0.2) is 6.10 Å². The Morgan fingerprint density at radius 1 is 0.829 bits per heavy atom. The first-order valence-electron chi connectivity index (χ1n) is 13.9. The Kier molecular flexibility index (Phi) is 14.1. The fourth-order valence-electron chi connectivity index (χ4n) is 3.58. The third-order valence-electron chi connectivity index (χ3n) is 5.69. The molecule has 41 heavy (non-hydrogen) atoms. The number of alkyl carbamates (subject to hydrolysis) is 2. The number of carbonyl (C=O) groups excluding carboxylic acids is 6. The highest BCUT2D eigenvalue weighted by Gasteiger charge is 2.38. The van der Waals surface area contributed by atoms with E-state index in [4.69, 9.17) is 14.2 Å². The summed E-state index contributed by atoms with van der Waals surface area (Å²) in [5.41, 5.74) is -1.23. The summed E-state index contributed by atoms with van der Waals surface area (Å²) in [6, 6.07) is -1.16. The molecule has 0 aliphatic heterocycles. The van der Waals surface area contributed by atoms with Crippen LogP contribution in [0.3, 0.4) is 0 Å². The van der Waals surface area contributed by atoms with Crippen LogP contribution in [0.2, 0.25) is 0 Å². The first-order valence-corrected chi connectivity index (χ1v) is 13.9. The summed E-state index contributed by atoms with van der Waals surface area (Å²) in [4.78, 5) is 69.2. The summed E-state index contributed by atoms with van der Waals surface area (Å²) < 4.78 is 19.9. The van der Waals surface area contributed by atoms with E-state index in [9.17, 15) is 28.8 Å². The number of nitrogens with one attached hydrogen (secondary N) is 3. The van der Waals surface area contributed by atoms with Gasteiger partial charge in [-0.15, -0.1) is 0 Å². The molecule has 0 saturated heterocycles. The van der Waals surface area contributed by atoms with Crippen LogP contribution in [-0.4, -0.2) is 79.4 Å². The van der Waals surface area contributed by atoms with Gasteiger partial charge in [-0.1, -0.05) is 25.7 Å². The highest BCUT2D eigenvalue weighted by atomic mass is 16.6. The summed E-state index contributed by atoms with van der Waals surface area (Å²) in [6.45, 7) is 11.3. The van der Waals surface area contributed by atoms with Gasteiger partial charge in [-0.25, -0.2) is 9.59 Å². The zero-order valence-electron chi connectivity index (χ0n) is 25.5. The Morgan fingerprint density at radius 2 is 1.32 bits per heavy atom. The van der Waals surface area contributed by atoms with Crippen LogP contribution in [0, 0.1) is 11.8 Å². The minimum Gasteiger partial charge on any atom is -0.468 e. The number of rotatable bonds is 12. The molecule has 0 spiro atoms. The Bertz CT molecular complexity index is 917. The van der Waals surface area contributed by atoms with Crippen LogP contribution >= 0.6 is 0 Å². The van der Waals surface area contributed by atoms with Gasteiger partial charge in [0.05, 0.1) is 19.2 Å². The van der Waals surface area contributed by atoms with Gasteiger partial charge < -0.3 is 39.7 Å². The van der Waals surface area contributed by atoms with Crippen molar-refractivity contribution >= 4 is 36.3 Å². The van der Waals surface area contributed by atoms with Crippen molar-refractivity contribution in [3.05, 3.63) is 0 Å². The summed E-state index contributed by atoms with van der Waals surface area (Å²) in [6.07, 6.45) is 3.77. The van der Waals surface area contributed by atoms with E-state index in [1.165, 1.54) is 26.9 Å². The molecule has 3 N–H and O–H groups in total. The maximum atomic E-state index is 12.4. The average molecular weight is 586 g/mol. The Balaban J connectivity index is 0.000000474. The van der Waals surface area contributed by atoms with E-state index >= 15 is 0 Å². The van der Waals surface area contributed by atoms with Crippen LogP contribution in [0.1, 0.15) is 87.0 Å². The van der Waals surface area contributed by atoms with Crippen LogP contribution in [0.5, 0.6) is 0 Å². The van der Waals surface area contributed by atoms with E-state index in [2.05, 4.69) is 20.7 Å². The standard InChI is InChI=1S/C17H28N2O7.C11H19NO3/c1-10(20)25-14(15(22)18-9-13(21)24-5)12(8-11-6-7-11)19-16(23)26-17(2,3)4;1-11(2,3)15-10(14)12-9(7-13)6-8-4-5-8/h11-12,14H,6-9H2,1-5H3,(H,18,22)(H,19,23);7-9H,4-6H2,1-3H3,(H,12,14). The molecule has 3 unspecified atom stereocenters. The van der Waals surface area contributed by atoms with Gasteiger partial charge in [-0.05, 0) is 66.2 Å². The lowest BCUT2D eigenvalue weighted by Crippen LogP contribution is -2.54. The van der Waals surface area contributed by atoms with Crippen molar-refractivity contribution < 1.29 is 47.7 Å². The molecule has 2 fully saturated rings. The molecule has 2 saturated carbocycles. The smallest absolute Gasteiger partial charge is 0.408 e. The van der Waals surface area contributed by atoms with Crippen molar-refractivity contribution in [1.82, 2.24) is 16.0 Å². The van der Waals surface area contributed by atoms with E-state index in [0.717, 1.165) is 25.5 Å². The Morgan fingerprint density at radius 3 is 1.73 bits per heavy atom. The lowest BCUT2D eigenvalue weighted by molar-refractivity contribution is -0.156. The zero-order chi connectivity index (χ0) is 31.4. The third kappa shape index (κ3) is 17.8. The van der Waals surface area contributed by atoms with Crippen molar-refractivity contribution in [2.24, 2.45) is 11.8 Å². The van der Waals surface area contributed by atoms with Crippen LogP contribution in [0.15, 0.2) is 0 Å². The van der Waals surface area contributed by atoms with Crippen LogP contribution in [-0.2, 0) is 38.1 Å². The fraction of sp³-hybridized carbons (Fsp3) is 0.786. The van der Waals surface area contributed by atoms with Crippen molar-refractivity contribution in [2.75, 3.05) is 13.7 Å². The predicted molar refractivity (Wildman–Crippen MR) is 148 cm³/mol. The quantitative estimate of drug-likeness (QED) is 0.175. The number of esters is 2. The summed E-state index contributed by atoms with van der Waals surface area (Å²) in [5, 5.41) is 7.53. The molecule has 0 bridgehead atoms. The molecule has 2 rings (SSSR count). The molecule has 3 amide bonds. The van der Waals surface area contributed by atoms with Gasteiger partial charge >= 0.3 is 24.1 Å². The summed E-state index contributed by atoms with van der Waals surface area (Å²) in [7, 11) is 1.19. The second-order valence-corrected chi connectivity index (χ2v) is 12.3. The lowest BCUT2D eigenvalue weighted by atomic mass is 10.0. The molecule has 0 aromatic rings. The van der Waals surface area contributed by atoms with Crippen molar-refractivity contribution in [1.29, 1.82) is 0 Å². The van der Waals surface area contributed by atoms with Gasteiger partial charge in [0.2, 0.25) is 0 Å². The first kappa shape index (κ1) is 35.6. The van der Waals surface area contributed by atoms with Gasteiger partial charge in [0, 0.05) is 6.92 Å². The van der Waals surface area contributed by atoms with E-state index in [1.54, 1.807) is 41.5 Å². The van der Waals surface area contributed by atoms with Crippen LogP contribution < -0.4 is 16.0 Å². The predicted octanol–water partition coefficient (Wildman–Crippen LogP) is 2.78. The van der Waals surface area contributed by atoms with Crippen LogP contribution in [0.25, 0.3) is 0 Å². The monoisotopic (exact) mass is 585 g/mol. The Labute approximate surface area is 242 Å². The van der Waals surface area contributed by atoms with Crippen molar-refractivity contribution in [3.8, 4) is 0 Å². The maximum absolute atomic E-state index is 12.4. The zero-order valence-corrected chi connectivity index (χ0v) is 25.5. The molecule has 0 radical (unpaired) electrons. The molecule has 13 heteroatoms. The molecule has 3 atom stereocenters. The number of hydrogen-bond acceptors (Lipinski definition) is 10. The number of hydrogen-bond donors (Lipinski definition) is 3. The second kappa shape index (κ2) is 16.2. The summed E-state index contributed by atoms with van der Waals surface area (Å²) >= 11 is 0. The lowest BCUT2D eigenvalue weighted by Gasteiger charge is -2.28. The maximum Gasteiger partial charge on any atom is 0.408 e. The molecule has 234 valence electrons. The number of amides is 3.